The van der Waals surface area contributed by atoms with Crippen LogP contribution in [0, 0.1) is 6.92 Å². The van der Waals surface area contributed by atoms with Crippen LogP contribution in [0.3, 0.4) is 0 Å². The van der Waals surface area contributed by atoms with Crippen molar-refractivity contribution in [3.63, 3.8) is 0 Å². The standard InChI is InChI=1S/C20H23N5O/c1-3-26-16-10-8-15(9-11-16)18-12-17(14-6-4-13(2)5-7-14)22-20-23-19(21)24-25(18)20/h4-11,17-18H,3,12H2,1-2H3,(H3,21,22,23,24)/t17-,18+/m1/s1. The van der Waals surface area contributed by atoms with Gasteiger partial charge >= 0.3 is 0 Å². The Labute approximate surface area is 153 Å². The van der Waals surface area contributed by atoms with Gasteiger partial charge in [0.25, 0.3) is 0 Å². The SMILES string of the molecule is CCOc1ccc([C@@H]2C[C@H](c3ccc(C)cc3)Nc3nc(N)nn32)cc1. The first-order valence-electron chi connectivity index (χ1n) is 8.92. The van der Waals surface area contributed by atoms with Gasteiger partial charge in [-0.15, -0.1) is 5.10 Å². The summed E-state index contributed by atoms with van der Waals surface area (Å²) in [6, 6.07) is 17.0. The minimum Gasteiger partial charge on any atom is -0.494 e. The van der Waals surface area contributed by atoms with E-state index in [9.17, 15) is 0 Å². The summed E-state index contributed by atoms with van der Waals surface area (Å²) in [5, 5.41) is 7.87. The third kappa shape index (κ3) is 3.10. The summed E-state index contributed by atoms with van der Waals surface area (Å²) >= 11 is 0. The normalized spacial score (nSPS) is 18.8. The number of nitrogen functional groups attached to an aromatic ring is 1. The summed E-state index contributed by atoms with van der Waals surface area (Å²) in [6.45, 7) is 4.74. The van der Waals surface area contributed by atoms with Gasteiger partial charge in [0.2, 0.25) is 11.9 Å². The lowest BCUT2D eigenvalue weighted by Crippen LogP contribution is -2.28. The zero-order valence-corrected chi connectivity index (χ0v) is 15.0. The van der Waals surface area contributed by atoms with Gasteiger partial charge in [-0.05, 0) is 43.5 Å². The maximum atomic E-state index is 5.86. The number of fused-ring (bicyclic) bond motifs is 1. The van der Waals surface area contributed by atoms with E-state index in [2.05, 4.69) is 58.7 Å². The van der Waals surface area contributed by atoms with Crippen molar-refractivity contribution in [2.75, 3.05) is 17.7 Å². The van der Waals surface area contributed by atoms with Crippen molar-refractivity contribution in [2.24, 2.45) is 0 Å². The molecule has 3 N–H and O–H groups in total. The number of rotatable bonds is 4. The molecule has 3 aromatic rings. The maximum Gasteiger partial charge on any atom is 0.241 e. The molecule has 0 unspecified atom stereocenters. The number of nitrogens with two attached hydrogens (primary N) is 1. The summed E-state index contributed by atoms with van der Waals surface area (Å²) in [5.74, 6) is 1.87. The van der Waals surface area contributed by atoms with Crippen LogP contribution >= 0.6 is 0 Å². The molecule has 1 aliphatic rings. The van der Waals surface area contributed by atoms with Crippen molar-refractivity contribution in [2.45, 2.75) is 32.4 Å². The van der Waals surface area contributed by atoms with Crippen LogP contribution in [0.2, 0.25) is 0 Å². The molecule has 1 aliphatic heterocycles. The van der Waals surface area contributed by atoms with Gasteiger partial charge in [0.15, 0.2) is 0 Å². The maximum absolute atomic E-state index is 5.86. The molecular weight excluding hydrogens is 326 g/mol. The monoisotopic (exact) mass is 349 g/mol. The zero-order chi connectivity index (χ0) is 18.1. The Bertz CT molecular complexity index is 886. The summed E-state index contributed by atoms with van der Waals surface area (Å²) in [4.78, 5) is 4.36. The molecule has 0 radical (unpaired) electrons. The highest BCUT2D eigenvalue weighted by atomic mass is 16.5. The Balaban J connectivity index is 1.69. The second-order valence-electron chi connectivity index (χ2n) is 6.60. The van der Waals surface area contributed by atoms with Crippen LogP contribution in [0.5, 0.6) is 5.75 Å². The highest BCUT2D eigenvalue weighted by Crippen LogP contribution is 2.38. The van der Waals surface area contributed by atoms with Gasteiger partial charge in [-0.25, -0.2) is 4.68 Å². The third-order valence-electron chi connectivity index (χ3n) is 4.76. The first-order valence-corrected chi connectivity index (χ1v) is 8.92. The van der Waals surface area contributed by atoms with Crippen molar-refractivity contribution in [3.8, 4) is 5.75 Å². The number of nitrogens with zero attached hydrogens (tertiary/aromatic N) is 3. The molecular formula is C20H23N5O. The first kappa shape index (κ1) is 16.4. The molecule has 26 heavy (non-hydrogen) atoms. The Morgan fingerprint density at radius 2 is 1.81 bits per heavy atom. The number of hydrogen-bond acceptors (Lipinski definition) is 5. The van der Waals surface area contributed by atoms with Crippen molar-refractivity contribution >= 4 is 11.9 Å². The average molecular weight is 349 g/mol. The summed E-state index contributed by atoms with van der Waals surface area (Å²) in [6.07, 6.45) is 0.868. The molecule has 0 spiro atoms. The van der Waals surface area contributed by atoms with Crippen LogP contribution in [0.4, 0.5) is 11.9 Å². The van der Waals surface area contributed by atoms with Gasteiger partial charge < -0.3 is 15.8 Å². The second-order valence-corrected chi connectivity index (χ2v) is 6.60. The van der Waals surface area contributed by atoms with Gasteiger partial charge in [0.05, 0.1) is 18.7 Å². The van der Waals surface area contributed by atoms with Gasteiger partial charge in [0, 0.05) is 0 Å². The smallest absolute Gasteiger partial charge is 0.241 e. The van der Waals surface area contributed by atoms with E-state index in [1.165, 1.54) is 16.7 Å². The van der Waals surface area contributed by atoms with Crippen LogP contribution in [-0.2, 0) is 0 Å². The number of ether oxygens (including phenoxy) is 1. The Kier molecular flexibility index (Phi) is 4.24. The molecule has 6 heteroatoms. The highest BCUT2D eigenvalue weighted by molar-refractivity contribution is 5.42. The van der Waals surface area contributed by atoms with Crippen LogP contribution in [0.15, 0.2) is 48.5 Å². The molecule has 2 heterocycles. The number of benzene rings is 2. The molecule has 0 amide bonds. The van der Waals surface area contributed by atoms with E-state index in [4.69, 9.17) is 10.5 Å². The number of hydrogen-bond donors (Lipinski definition) is 2. The highest BCUT2D eigenvalue weighted by Gasteiger charge is 2.30. The van der Waals surface area contributed by atoms with E-state index in [-0.39, 0.29) is 18.0 Å². The summed E-state index contributed by atoms with van der Waals surface area (Å²) in [5.41, 5.74) is 9.51. The zero-order valence-electron chi connectivity index (χ0n) is 15.0. The fourth-order valence-electron chi connectivity index (χ4n) is 3.44. The topological polar surface area (TPSA) is 78.0 Å². The van der Waals surface area contributed by atoms with E-state index in [1.54, 1.807) is 0 Å². The molecule has 0 bridgehead atoms. The fraction of sp³-hybridized carbons (Fsp3) is 0.300. The largest absolute Gasteiger partial charge is 0.494 e. The molecule has 2 aromatic carbocycles. The van der Waals surface area contributed by atoms with Crippen LogP contribution < -0.4 is 15.8 Å². The minimum atomic E-state index is 0.0676. The fourth-order valence-corrected chi connectivity index (χ4v) is 3.44. The first-order chi connectivity index (χ1) is 12.6. The molecule has 0 saturated heterocycles. The van der Waals surface area contributed by atoms with E-state index in [0.717, 1.165) is 12.2 Å². The van der Waals surface area contributed by atoms with Crippen LogP contribution in [0.25, 0.3) is 0 Å². The van der Waals surface area contributed by atoms with Crippen LogP contribution in [0.1, 0.15) is 42.1 Å². The van der Waals surface area contributed by atoms with Gasteiger partial charge in [-0.2, -0.15) is 4.98 Å². The second kappa shape index (κ2) is 6.71. The Morgan fingerprint density at radius 3 is 2.50 bits per heavy atom. The van der Waals surface area contributed by atoms with E-state index >= 15 is 0 Å². The van der Waals surface area contributed by atoms with Gasteiger partial charge in [0.1, 0.15) is 5.75 Å². The average Bonchev–Trinajstić information content (AvgIpc) is 3.02. The van der Waals surface area contributed by atoms with E-state index in [1.807, 2.05) is 23.7 Å². The number of nitrogens with one attached hydrogen (secondary N) is 1. The molecule has 134 valence electrons. The lowest BCUT2D eigenvalue weighted by molar-refractivity contribution is 0.340. The predicted octanol–water partition coefficient (Wildman–Crippen LogP) is 3.71. The minimum absolute atomic E-state index is 0.0676. The quantitative estimate of drug-likeness (QED) is 0.751. The molecule has 6 nitrogen and oxygen atoms in total. The van der Waals surface area contributed by atoms with Crippen LogP contribution in [-0.4, -0.2) is 21.4 Å². The van der Waals surface area contributed by atoms with E-state index < -0.39 is 0 Å². The van der Waals surface area contributed by atoms with Crippen molar-refractivity contribution in [1.29, 1.82) is 0 Å². The molecule has 0 aliphatic carbocycles. The Morgan fingerprint density at radius 1 is 1.12 bits per heavy atom. The Hall–Kier alpha value is -3.02. The van der Waals surface area contributed by atoms with Gasteiger partial charge in [-0.3, -0.25) is 0 Å². The predicted molar refractivity (Wildman–Crippen MR) is 102 cm³/mol. The number of aromatic nitrogens is 3. The van der Waals surface area contributed by atoms with Crippen molar-refractivity contribution < 1.29 is 4.74 Å². The van der Waals surface area contributed by atoms with Crippen molar-refractivity contribution in [1.82, 2.24) is 14.8 Å². The molecule has 0 saturated carbocycles. The van der Waals surface area contributed by atoms with Crippen molar-refractivity contribution in [3.05, 3.63) is 65.2 Å². The molecule has 0 fully saturated rings. The molecule has 1 aromatic heterocycles. The van der Waals surface area contributed by atoms with E-state index in [0.29, 0.717) is 12.6 Å². The molecule has 4 rings (SSSR count). The summed E-state index contributed by atoms with van der Waals surface area (Å²) in [7, 11) is 0. The lowest BCUT2D eigenvalue weighted by Gasteiger charge is -2.31. The lowest BCUT2D eigenvalue weighted by atomic mass is 9.93. The third-order valence-corrected chi connectivity index (χ3v) is 4.76. The number of anilines is 2. The van der Waals surface area contributed by atoms with Gasteiger partial charge in [-0.1, -0.05) is 42.0 Å². The number of aryl methyl sites for hydroxylation is 1. The summed E-state index contributed by atoms with van der Waals surface area (Å²) < 4.78 is 7.44. The molecule has 2 atom stereocenters.